The third-order valence-corrected chi connectivity index (χ3v) is 5.66. The number of ether oxygens (including phenoxy) is 1. The zero-order valence-electron chi connectivity index (χ0n) is 19.4. The van der Waals surface area contributed by atoms with Crippen LogP contribution < -0.4 is 10.6 Å². The van der Waals surface area contributed by atoms with Gasteiger partial charge in [-0.2, -0.15) is 0 Å². The van der Waals surface area contributed by atoms with E-state index in [4.69, 9.17) is 4.74 Å². The second-order valence-electron chi connectivity index (χ2n) is 7.95. The number of piperazine rings is 1. The van der Waals surface area contributed by atoms with Gasteiger partial charge < -0.3 is 25.2 Å². The van der Waals surface area contributed by atoms with Crippen LogP contribution in [-0.4, -0.2) is 81.3 Å². The summed E-state index contributed by atoms with van der Waals surface area (Å²) in [6.07, 6.45) is 3.48. The molecule has 1 fully saturated rings. The Morgan fingerprint density at radius 1 is 1.00 bits per heavy atom. The van der Waals surface area contributed by atoms with Crippen molar-refractivity contribution in [3.8, 4) is 0 Å². The molecule has 2 rings (SSSR count). The van der Waals surface area contributed by atoms with Crippen molar-refractivity contribution in [3.63, 3.8) is 0 Å². The normalized spacial score (nSPS) is 17.1. The molecule has 1 aromatic carbocycles. The van der Waals surface area contributed by atoms with Gasteiger partial charge in [0, 0.05) is 52.4 Å². The third kappa shape index (κ3) is 9.92. The standard InChI is InChI=1S/C24H43N5O/c1-4-25-24(26-14-9-10-16-29-19-17-28(5-2)18-20-29)27-15-11-21-30-22(3)23-12-7-6-8-13-23/h6-8,12-13,22H,4-5,9-11,14-21H2,1-3H3,(H2,25,26,27). The minimum absolute atomic E-state index is 0.131. The summed E-state index contributed by atoms with van der Waals surface area (Å²) in [5.41, 5.74) is 1.23. The monoisotopic (exact) mass is 417 g/mol. The third-order valence-electron chi connectivity index (χ3n) is 5.66. The van der Waals surface area contributed by atoms with E-state index < -0.39 is 0 Å². The highest BCUT2D eigenvalue weighted by Crippen LogP contribution is 2.15. The number of hydrogen-bond acceptors (Lipinski definition) is 4. The molecule has 0 radical (unpaired) electrons. The van der Waals surface area contributed by atoms with Gasteiger partial charge in [0.25, 0.3) is 0 Å². The Bertz CT molecular complexity index is 572. The summed E-state index contributed by atoms with van der Waals surface area (Å²) in [5, 5.41) is 6.81. The lowest BCUT2D eigenvalue weighted by atomic mass is 10.1. The number of aliphatic imine (C=N–C) groups is 1. The molecule has 2 N–H and O–H groups in total. The number of unbranched alkanes of at least 4 members (excludes halogenated alkanes) is 1. The summed E-state index contributed by atoms with van der Waals surface area (Å²) in [5.74, 6) is 0.921. The van der Waals surface area contributed by atoms with E-state index in [0.717, 1.165) is 38.6 Å². The molecule has 1 saturated heterocycles. The van der Waals surface area contributed by atoms with E-state index in [9.17, 15) is 0 Å². The molecule has 0 bridgehead atoms. The molecule has 30 heavy (non-hydrogen) atoms. The van der Waals surface area contributed by atoms with Crippen LogP contribution in [0.5, 0.6) is 0 Å². The Hall–Kier alpha value is -1.63. The zero-order valence-corrected chi connectivity index (χ0v) is 19.4. The number of rotatable bonds is 13. The molecule has 1 atom stereocenters. The van der Waals surface area contributed by atoms with Crippen molar-refractivity contribution >= 4 is 5.96 Å². The highest BCUT2D eigenvalue weighted by molar-refractivity contribution is 5.79. The van der Waals surface area contributed by atoms with Gasteiger partial charge >= 0.3 is 0 Å². The number of nitrogens with zero attached hydrogens (tertiary/aromatic N) is 3. The van der Waals surface area contributed by atoms with E-state index >= 15 is 0 Å². The first-order valence-corrected chi connectivity index (χ1v) is 11.9. The predicted molar refractivity (Wildman–Crippen MR) is 127 cm³/mol. The number of guanidine groups is 1. The molecule has 0 saturated carbocycles. The lowest BCUT2D eigenvalue weighted by molar-refractivity contribution is 0.0652. The van der Waals surface area contributed by atoms with E-state index in [1.54, 1.807) is 0 Å². The lowest BCUT2D eigenvalue weighted by Gasteiger charge is -2.34. The molecule has 6 nitrogen and oxygen atoms in total. The van der Waals surface area contributed by atoms with Crippen LogP contribution in [0.1, 0.15) is 51.7 Å². The van der Waals surface area contributed by atoms with Gasteiger partial charge in [-0.3, -0.25) is 4.99 Å². The SMILES string of the molecule is CCNC(=NCCCOC(C)c1ccccc1)NCCCCN1CCN(CC)CC1. The summed E-state index contributed by atoms with van der Waals surface area (Å²) in [7, 11) is 0. The first-order chi connectivity index (χ1) is 14.7. The Balaban J connectivity index is 1.54. The number of benzene rings is 1. The van der Waals surface area contributed by atoms with E-state index in [0.29, 0.717) is 0 Å². The molecular formula is C24H43N5O. The van der Waals surface area contributed by atoms with Crippen molar-refractivity contribution in [2.75, 3.05) is 65.5 Å². The van der Waals surface area contributed by atoms with Crippen molar-refractivity contribution < 1.29 is 4.74 Å². The molecule has 1 unspecified atom stereocenters. The molecule has 0 spiro atoms. The largest absolute Gasteiger partial charge is 0.374 e. The molecule has 0 aromatic heterocycles. The highest BCUT2D eigenvalue weighted by Gasteiger charge is 2.14. The van der Waals surface area contributed by atoms with E-state index in [2.05, 4.69) is 70.5 Å². The molecule has 170 valence electrons. The fourth-order valence-corrected chi connectivity index (χ4v) is 3.67. The molecule has 1 heterocycles. The first kappa shape index (κ1) is 24.6. The van der Waals surface area contributed by atoms with Gasteiger partial charge in [0.2, 0.25) is 0 Å². The van der Waals surface area contributed by atoms with Crippen molar-refractivity contribution in [1.29, 1.82) is 0 Å². The molecule has 1 aliphatic heterocycles. The van der Waals surface area contributed by atoms with Gasteiger partial charge in [-0.1, -0.05) is 37.3 Å². The molecule has 1 aliphatic rings. The number of nitrogens with one attached hydrogen (secondary N) is 2. The van der Waals surface area contributed by atoms with Gasteiger partial charge in [-0.15, -0.1) is 0 Å². The van der Waals surface area contributed by atoms with Gasteiger partial charge in [-0.25, -0.2) is 0 Å². The highest BCUT2D eigenvalue weighted by atomic mass is 16.5. The van der Waals surface area contributed by atoms with Crippen molar-refractivity contribution in [2.45, 2.75) is 46.1 Å². The van der Waals surface area contributed by atoms with E-state index in [-0.39, 0.29) is 6.10 Å². The Morgan fingerprint density at radius 3 is 2.43 bits per heavy atom. The van der Waals surface area contributed by atoms with E-state index in [1.807, 2.05) is 6.07 Å². The molecular weight excluding hydrogens is 374 g/mol. The van der Waals surface area contributed by atoms with E-state index in [1.165, 1.54) is 57.7 Å². The van der Waals surface area contributed by atoms with Crippen LogP contribution in [0.15, 0.2) is 35.3 Å². The molecule has 0 amide bonds. The first-order valence-electron chi connectivity index (χ1n) is 11.9. The predicted octanol–water partition coefficient (Wildman–Crippen LogP) is 3.13. The van der Waals surface area contributed by atoms with Crippen LogP contribution in [-0.2, 0) is 4.74 Å². The zero-order chi connectivity index (χ0) is 21.4. The summed E-state index contributed by atoms with van der Waals surface area (Å²) >= 11 is 0. The molecule has 6 heteroatoms. The number of likely N-dealkylation sites (N-methyl/N-ethyl adjacent to an activating group) is 1. The summed E-state index contributed by atoms with van der Waals surface area (Å²) in [6.45, 7) is 17.1. The Labute approximate surface area is 184 Å². The Kier molecular flexibility index (Phi) is 12.5. The van der Waals surface area contributed by atoms with Crippen LogP contribution in [0.4, 0.5) is 0 Å². The van der Waals surface area contributed by atoms with Crippen LogP contribution in [0, 0.1) is 0 Å². The second-order valence-corrected chi connectivity index (χ2v) is 7.95. The van der Waals surface area contributed by atoms with Crippen LogP contribution >= 0.6 is 0 Å². The van der Waals surface area contributed by atoms with Crippen LogP contribution in [0.25, 0.3) is 0 Å². The quantitative estimate of drug-likeness (QED) is 0.293. The fourth-order valence-electron chi connectivity index (χ4n) is 3.67. The van der Waals surface area contributed by atoms with Gasteiger partial charge in [0.05, 0.1) is 6.10 Å². The number of hydrogen-bond donors (Lipinski definition) is 2. The van der Waals surface area contributed by atoms with Crippen LogP contribution in [0.3, 0.4) is 0 Å². The molecule has 0 aliphatic carbocycles. The smallest absolute Gasteiger partial charge is 0.191 e. The average molecular weight is 418 g/mol. The summed E-state index contributed by atoms with van der Waals surface area (Å²) in [6, 6.07) is 10.4. The van der Waals surface area contributed by atoms with Crippen molar-refractivity contribution in [2.24, 2.45) is 4.99 Å². The second kappa shape index (κ2) is 15.2. The minimum Gasteiger partial charge on any atom is -0.374 e. The van der Waals surface area contributed by atoms with Crippen LogP contribution in [0.2, 0.25) is 0 Å². The summed E-state index contributed by atoms with van der Waals surface area (Å²) in [4.78, 5) is 9.82. The summed E-state index contributed by atoms with van der Waals surface area (Å²) < 4.78 is 5.94. The van der Waals surface area contributed by atoms with Crippen molar-refractivity contribution in [3.05, 3.63) is 35.9 Å². The van der Waals surface area contributed by atoms with Crippen molar-refractivity contribution in [1.82, 2.24) is 20.4 Å². The Morgan fingerprint density at radius 2 is 1.73 bits per heavy atom. The van der Waals surface area contributed by atoms with Gasteiger partial charge in [-0.05, 0) is 51.8 Å². The minimum atomic E-state index is 0.131. The average Bonchev–Trinajstić information content (AvgIpc) is 2.79. The van der Waals surface area contributed by atoms with Gasteiger partial charge in [0.1, 0.15) is 0 Å². The lowest BCUT2D eigenvalue weighted by Crippen LogP contribution is -2.46. The van der Waals surface area contributed by atoms with Gasteiger partial charge in [0.15, 0.2) is 5.96 Å². The maximum Gasteiger partial charge on any atom is 0.191 e. The topological polar surface area (TPSA) is 52.1 Å². The fraction of sp³-hybridized carbons (Fsp3) is 0.708. The maximum absolute atomic E-state index is 5.94. The maximum atomic E-state index is 5.94. The molecule has 1 aromatic rings.